The number of amides is 2. The van der Waals surface area contributed by atoms with Crippen molar-refractivity contribution in [2.45, 2.75) is 37.9 Å². The van der Waals surface area contributed by atoms with E-state index in [4.69, 9.17) is 0 Å². The van der Waals surface area contributed by atoms with E-state index >= 15 is 0 Å². The lowest BCUT2D eigenvalue weighted by Crippen LogP contribution is -2.43. The normalized spacial score (nSPS) is 19.3. The molecule has 1 aromatic carbocycles. The Balaban J connectivity index is 1.59. The largest absolute Gasteiger partial charge is 0.416 e. The number of carbonyl (C=O) groups is 1. The van der Waals surface area contributed by atoms with Gasteiger partial charge in [-0.2, -0.15) is 13.2 Å². The summed E-state index contributed by atoms with van der Waals surface area (Å²) in [4.78, 5) is 18.7. The molecule has 2 aliphatic rings. The van der Waals surface area contributed by atoms with E-state index in [1.165, 1.54) is 12.5 Å². The second-order valence-corrected chi connectivity index (χ2v) is 7.82. The van der Waals surface area contributed by atoms with Crippen LogP contribution >= 0.6 is 0 Å². The molecule has 0 bridgehead atoms. The fraction of sp³-hybridized carbons (Fsp3) is 0.429. The Morgan fingerprint density at radius 1 is 1.14 bits per heavy atom. The van der Waals surface area contributed by atoms with Crippen molar-refractivity contribution in [1.82, 2.24) is 15.2 Å². The Labute approximate surface area is 161 Å². The number of nitrogens with zero attached hydrogens (tertiary/aromatic N) is 2. The molecule has 1 aromatic heterocycles. The number of aromatic nitrogens is 1. The third-order valence-electron chi connectivity index (χ3n) is 5.97. The summed E-state index contributed by atoms with van der Waals surface area (Å²) >= 11 is 0. The summed E-state index contributed by atoms with van der Waals surface area (Å²) in [7, 11) is 0. The minimum Gasteiger partial charge on any atom is -0.327 e. The topological polar surface area (TPSA) is 45.2 Å². The summed E-state index contributed by atoms with van der Waals surface area (Å²) in [5.41, 5.74) is 0.557. The average Bonchev–Trinajstić information content (AvgIpc) is 3.13. The zero-order valence-electron chi connectivity index (χ0n) is 15.4. The molecule has 28 heavy (non-hydrogen) atoms. The van der Waals surface area contributed by atoms with Crippen LogP contribution in [0.15, 0.2) is 48.8 Å². The number of urea groups is 1. The molecule has 1 atom stereocenters. The van der Waals surface area contributed by atoms with Crippen LogP contribution in [0, 0.1) is 5.41 Å². The van der Waals surface area contributed by atoms with Crippen LogP contribution in [0.25, 0.3) is 0 Å². The molecule has 148 valence electrons. The first-order valence-corrected chi connectivity index (χ1v) is 9.49. The molecule has 2 aromatic rings. The molecular weight excluding hydrogens is 367 g/mol. The van der Waals surface area contributed by atoms with E-state index < -0.39 is 17.8 Å². The smallest absolute Gasteiger partial charge is 0.327 e. The van der Waals surface area contributed by atoms with Crippen molar-refractivity contribution in [1.29, 1.82) is 0 Å². The van der Waals surface area contributed by atoms with E-state index in [2.05, 4.69) is 10.3 Å². The summed E-state index contributed by atoms with van der Waals surface area (Å²) in [5, 5.41) is 2.94. The van der Waals surface area contributed by atoms with Gasteiger partial charge in [-0.3, -0.25) is 4.98 Å². The molecule has 7 heteroatoms. The molecule has 1 saturated carbocycles. The first-order valence-electron chi connectivity index (χ1n) is 9.49. The molecule has 4 nitrogen and oxygen atoms in total. The zero-order valence-corrected chi connectivity index (χ0v) is 15.4. The highest BCUT2D eigenvalue weighted by Gasteiger charge is 2.44. The van der Waals surface area contributed by atoms with Crippen LogP contribution in [0.2, 0.25) is 0 Å². The number of carbonyl (C=O) groups excluding carboxylic acids is 1. The predicted molar refractivity (Wildman–Crippen MR) is 98.5 cm³/mol. The highest BCUT2D eigenvalue weighted by atomic mass is 19.4. The van der Waals surface area contributed by atoms with Gasteiger partial charge in [0.2, 0.25) is 0 Å². The van der Waals surface area contributed by atoms with Crippen LogP contribution < -0.4 is 5.32 Å². The number of rotatable bonds is 3. The predicted octanol–water partition coefficient (Wildman–Crippen LogP) is 4.78. The summed E-state index contributed by atoms with van der Waals surface area (Å²) in [6, 6.07) is 7.63. The summed E-state index contributed by atoms with van der Waals surface area (Å²) in [5.74, 6) is 0. The molecule has 2 amide bonds. The third-order valence-corrected chi connectivity index (χ3v) is 5.97. The number of hydrogen-bond acceptors (Lipinski definition) is 2. The molecule has 1 unspecified atom stereocenters. The van der Waals surface area contributed by atoms with Crippen LogP contribution in [0.4, 0.5) is 18.0 Å². The number of benzene rings is 1. The van der Waals surface area contributed by atoms with E-state index in [0.717, 1.165) is 37.9 Å². The second kappa shape index (κ2) is 7.11. The zero-order chi connectivity index (χ0) is 19.8. The van der Waals surface area contributed by atoms with E-state index in [0.29, 0.717) is 17.7 Å². The van der Waals surface area contributed by atoms with E-state index in [9.17, 15) is 18.0 Å². The van der Waals surface area contributed by atoms with Gasteiger partial charge in [0.05, 0.1) is 11.6 Å². The van der Waals surface area contributed by atoms with E-state index in [-0.39, 0.29) is 11.4 Å². The van der Waals surface area contributed by atoms with Gasteiger partial charge in [-0.25, -0.2) is 4.79 Å². The Bertz CT molecular complexity index is 849. The number of hydrogen-bond donors (Lipinski definition) is 1. The van der Waals surface area contributed by atoms with Crippen LogP contribution in [0.1, 0.15) is 48.4 Å². The van der Waals surface area contributed by atoms with Gasteiger partial charge in [-0.15, -0.1) is 0 Å². The van der Waals surface area contributed by atoms with Crippen molar-refractivity contribution >= 4 is 6.03 Å². The number of alkyl halides is 3. The van der Waals surface area contributed by atoms with Crippen molar-refractivity contribution in [3.8, 4) is 0 Å². The fourth-order valence-electron chi connectivity index (χ4n) is 4.21. The summed E-state index contributed by atoms with van der Waals surface area (Å²) in [6.45, 7) is 1.41. The number of pyridine rings is 1. The first-order chi connectivity index (χ1) is 13.4. The minimum absolute atomic E-state index is 0.241. The van der Waals surface area contributed by atoms with Crippen LogP contribution in [0.3, 0.4) is 0 Å². The lowest BCUT2D eigenvalue weighted by Gasteiger charge is -2.38. The van der Waals surface area contributed by atoms with Crippen LogP contribution in [-0.2, 0) is 6.18 Å². The third kappa shape index (κ3) is 3.70. The quantitative estimate of drug-likeness (QED) is 0.822. The molecule has 1 aliphatic carbocycles. The molecule has 2 heterocycles. The van der Waals surface area contributed by atoms with Crippen LogP contribution in [-0.4, -0.2) is 29.0 Å². The number of likely N-dealkylation sites (tertiary alicyclic amines) is 1. The Kier molecular flexibility index (Phi) is 4.77. The molecule has 1 N–H and O–H groups in total. The first kappa shape index (κ1) is 18.8. The number of nitrogens with one attached hydrogen (secondary N) is 1. The lowest BCUT2D eigenvalue weighted by molar-refractivity contribution is -0.137. The Morgan fingerprint density at radius 3 is 2.54 bits per heavy atom. The summed E-state index contributed by atoms with van der Waals surface area (Å²) < 4.78 is 39.5. The fourth-order valence-corrected chi connectivity index (χ4v) is 4.21. The molecule has 2 fully saturated rings. The highest BCUT2D eigenvalue weighted by molar-refractivity contribution is 5.75. The summed E-state index contributed by atoms with van der Waals surface area (Å²) in [6.07, 6.45) is 3.23. The molecule has 1 aliphatic heterocycles. The molecule has 1 spiro atoms. The van der Waals surface area contributed by atoms with Gasteiger partial charge in [0.25, 0.3) is 0 Å². The van der Waals surface area contributed by atoms with Gasteiger partial charge in [-0.1, -0.05) is 24.6 Å². The Hall–Kier alpha value is -2.57. The van der Waals surface area contributed by atoms with Crippen LogP contribution in [0.5, 0.6) is 0 Å². The van der Waals surface area contributed by atoms with Crippen molar-refractivity contribution in [2.24, 2.45) is 5.41 Å². The molecule has 0 radical (unpaired) electrons. The van der Waals surface area contributed by atoms with Gasteiger partial charge in [0.1, 0.15) is 0 Å². The second-order valence-electron chi connectivity index (χ2n) is 7.82. The van der Waals surface area contributed by atoms with Gasteiger partial charge in [0, 0.05) is 25.5 Å². The van der Waals surface area contributed by atoms with Crippen molar-refractivity contribution < 1.29 is 18.0 Å². The average molecular weight is 389 g/mol. The van der Waals surface area contributed by atoms with Gasteiger partial charge in [0.15, 0.2) is 0 Å². The lowest BCUT2D eigenvalue weighted by atomic mass is 9.68. The standard InChI is InChI=1S/C21H22F3N3O/c22-21(23,24)17-6-1-4-15(12-17)18(16-5-2-10-25-13-16)26-19(28)27-11-9-20(14-27)7-3-8-20/h1-2,4-6,10,12-13,18H,3,7-9,11,14H2,(H,26,28). The monoisotopic (exact) mass is 389 g/mol. The van der Waals surface area contributed by atoms with E-state index in [1.807, 2.05) is 0 Å². The minimum atomic E-state index is -4.44. The molecular formula is C21H22F3N3O. The molecule has 1 saturated heterocycles. The highest BCUT2D eigenvalue weighted by Crippen LogP contribution is 2.48. The maximum absolute atomic E-state index is 13.2. The van der Waals surface area contributed by atoms with E-state index in [1.54, 1.807) is 35.5 Å². The Morgan fingerprint density at radius 2 is 1.93 bits per heavy atom. The molecule has 4 rings (SSSR count). The van der Waals surface area contributed by atoms with Crippen molar-refractivity contribution in [3.63, 3.8) is 0 Å². The van der Waals surface area contributed by atoms with Gasteiger partial charge >= 0.3 is 12.2 Å². The number of halogens is 3. The SMILES string of the molecule is O=C(NC(c1cccnc1)c1cccc(C(F)(F)F)c1)N1CCC2(CCC2)C1. The van der Waals surface area contributed by atoms with Gasteiger partial charge in [-0.05, 0) is 54.0 Å². The van der Waals surface area contributed by atoms with Gasteiger partial charge < -0.3 is 10.2 Å². The van der Waals surface area contributed by atoms with Crippen molar-refractivity contribution in [2.75, 3.05) is 13.1 Å². The maximum Gasteiger partial charge on any atom is 0.416 e. The maximum atomic E-state index is 13.2. The van der Waals surface area contributed by atoms with Crippen molar-refractivity contribution in [3.05, 3.63) is 65.5 Å².